The van der Waals surface area contributed by atoms with Crippen LogP contribution in [0.1, 0.15) is 10.6 Å². The quantitative estimate of drug-likeness (QED) is 0.812. The summed E-state index contributed by atoms with van der Waals surface area (Å²) in [5.74, 6) is 0. The lowest BCUT2D eigenvalue weighted by atomic mass is 10.3. The van der Waals surface area contributed by atoms with Crippen LogP contribution in [0.2, 0.25) is 0 Å². The minimum Gasteiger partial charge on any atom is -0.383 e. The van der Waals surface area contributed by atoms with Gasteiger partial charge in [0.05, 0.1) is 18.0 Å². The van der Waals surface area contributed by atoms with E-state index in [1.807, 2.05) is 25.1 Å². The first-order chi connectivity index (χ1) is 8.81. The number of aromatic nitrogens is 2. The molecule has 0 aliphatic rings. The van der Waals surface area contributed by atoms with Crippen molar-refractivity contribution in [3.05, 3.63) is 35.0 Å². The van der Waals surface area contributed by atoms with E-state index in [9.17, 15) is 0 Å². The number of hydrogen-bond acceptors (Lipinski definition) is 5. The highest BCUT2D eigenvalue weighted by atomic mass is 32.1. The summed E-state index contributed by atoms with van der Waals surface area (Å²) in [6, 6.07) is 5.88. The number of hydrogen-bond donors (Lipinski definition) is 1. The zero-order valence-electron chi connectivity index (χ0n) is 10.6. The third-order valence-corrected chi connectivity index (χ3v) is 3.73. The monoisotopic (exact) mass is 263 g/mol. The molecular formula is C13H17N3OS. The zero-order valence-corrected chi connectivity index (χ0v) is 11.5. The van der Waals surface area contributed by atoms with Gasteiger partial charge in [0.2, 0.25) is 0 Å². The molecule has 0 saturated carbocycles. The summed E-state index contributed by atoms with van der Waals surface area (Å²) in [7, 11) is 1.71. The maximum Gasteiger partial charge on any atom is 0.142 e. The fourth-order valence-corrected chi connectivity index (χ4v) is 2.58. The Hall–Kier alpha value is -1.30. The Bertz CT molecular complexity index is 484. The van der Waals surface area contributed by atoms with Crippen molar-refractivity contribution in [2.45, 2.75) is 13.5 Å². The molecule has 2 aromatic rings. The highest BCUT2D eigenvalue weighted by Gasteiger charge is 2.09. The third-order valence-electron chi connectivity index (χ3n) is 2.55. The van der Waals surface area contributed by atoms with Gasteiger partial charge in [0, 0.05) is 31.3 Å². The highest BCUT2D eigenvalue weighted by Crippen LogP contribution is 2.25. The molecule has 96 valence electrons. The Labute approximate surface area is 111 Å². The Morgan fingerprint density at radius 1 is 1.39 bits per heavy atom. The summed E-state index contributed by atoms with van der Waals surface area (Å²) in [5.41, 5.74) is 2.01. The Kier molecular flexibility index (Phi) is 4.81. The highest BCUT2D eigenvalue weighted by molar-refractivity contribution is 7.15. The molecule has 0 atom stereocenters. The van der Waals surface area contributed by atoms with E-state index >= 15 is 0 Å². The Morgan fingerprint density at radius 2 is 2.28 bits per heavy atom. The van der Waals surface area contributed by atoms with Crippen LogP contribution in [-0.2, 0) is 11.3 Å². The standard InChI is InChI=1S/C13H17N3OS/c1-10-12(9-14-7-8-17-2)18-13(16-10)11-5-3-4-6-15-11/h3-6,14H,7-9H2,1-2H3. The van der Waals surface area contributed by atoms with Gasteiger partial charge < -0.3 is 10.1 Å². The molecule has 0 aromatic carbocycles. The van der Waals surface area contributed by atoms with Crippen LogP contribution >= 0.6 is 11.3 Å². The van der Waals surface area contributed by atoms with E-state index in [1.165, 1.54) is 4.88 Å². The average molecular weight is 263 g/mol. The van der Waals surface area contributed by atoms with E-state index in [4.69, 9.17) is 4.74 Å². The maximum atomic E-state index is 5.00. The lowest BCUT2D eigenvalue weighted by Crippen LogP contribution is -2.18. The van der Waals surface area contributed by atoms with Crippen molar-refractivity contribution in [2.75, 3.05) is 20.3 Å². The Balaban J connectivity index is 2.03. The number of nitrogens with one attached hydrogen (secondary N) is 1. The molecule has 0 aliphatic heterocycles. The fourth-order valence-electron chi connectivity index (χ4n) is 1.57. The lowest BCUT2D eigenvalue weighted by molar-refractivity contribution is 0.199. The van der Waals surface area contributed by atoms with Crippen molar-refractivity contribution in [1.29, 1.82) is 0 Å². The van der Waals surface area contributed by atoms with Crippen LogP contribution < -0.4 is 5.32 Å². The van der Waals surface area contributed by atoms with Crippen LogP contribution in [0.25, 0.3) is 10.7 Å². The van der Waals surface area contributed by atoms with Crippen LogP contribution in [0, 0.1) is 6.92 Å². The number of pyridine rings is 1. The molecule has 18 heavy (non-hydrogen) atoms. The van der Waals surface area contributed by atoms with Gasteiger partial charge in [-0.15, -0.1) is 11.3 Å². The summed E-state index contributed by atoms with van der Waals surface area (Å²) in [4.78, 5) is 10.1. The summed E-state index contributed by atoms with van der Waals surface area (Å²) in [6.45, 7) is 4.45. The van der Waals surface area contributed by atoms with Gasteiger partial charge in [0.1, 0.15) is 5.01 Å². The van der Waals surface area contributed by atoms with Gasteiger partial charge in [0.25, 0.3) is 0 Å². The lowest BCUT2D eigenvalue weighted by Gasteiger charge is -2.01. The van der Waals surface area contributed by atoms with E-state index in [1.54, 1.807) is 24.6 Å². The predicted molar refractivity (Wildman–Crippen MR) is 73.7 cm³/mol. The van der Waals surface area contributed by atoms with Crippen LogP contribution in [0.15, 0.2) is 24.4 Å². The smallest absolute Gasteiger partial charge is 0.142 e. The molecule has 2 rings (SSSR count). The molecule has 1 N–H and O–H groups in total. The minimum absolute atomic E-state index is 0.727. The Morgan fingerprint density at radius 3 is 3.00 bits per heavy atom. The molecule has 0 spiro atoms. The SMILES string of the molecule is COCCNCc1sc(-c2ccccn2)nc1C. The van der Waals surface area contributed by atoms with E-state index in [0.717, 1.165) is 36.1 Å². The van der Waals surface area contributed by atoms with Gasteiger partial charge >= 0.3 is 0 Å². The van der Waals surface area contributed by atoms with Crippen molar-refractivity contribution < 1.29 is 4.74 Å². The first kappa shape index (κ1) is 13.1. The van der Waals surface area contributed by atoms with Gasteiger partial charge in [-0.1, -0.05) is 6.07 Å². The number of rotatable bonds is 6. The molecule has 0 radical (unpaired) electrons. The van der Waals surface area contributed by atoms with Gasteiger partial charge in [-0.25, -0.2) is 4.98 Å². The van der Waals surface area contributed by atoms with Gasteiger partial charge in [0.15, 0.2) is 0 Å². The number of methoxy groups -OCH3 is 1. The molecule has 0 bridgehead atoms. The first-order valence-electron chi connectivity index (χ1n) is 5.88. The molecule has 2 aromatic heterocycles. The summed E-state index contributed by atoms with van der Waals surface area (Å²) in [6.07, 6.45) is 1.79. The van der Waals surface area contributed by atoms with Crippen molar-refractivity contribution >= 4 is 11.3 Å². The third kappa shape index (κ3) is 3.35. The second-order valence-corrected chi connectivity index (χ2v) is 5.00. The molecule has 0 amide bonds. The molecule has 0 unspecified atom stereocenters. The first-order valence-corrected chi connectivity index (χ1v) is 6.70. The van der Waals surface area contributed by atoms with Crippen molar-refractivity contribution in [2.24, 2.45) is 0 Å². The second-order valence-electron chi connectivity index (χ2n) is 3.91. The molecular weight excluding hydrogens is 246 g/mol. The topological polar surface area (TPSA) is 47.0 Å². The minimum atomic E-state index is 0.727. The summed E-state index contributed by atoms with van der Waals surface area (Å²) < 4.78 is 5.00. The molecule has 5 heteroatoms. The van der Waals surface area contributed by atoms with Crippen LogP contribution in [0.5, 0.6) is 0 Å². The molecule has 4 nitrogen and oxygen atoms in total. The largest absolute Gasteiger partial charge is 0.383 e. The number of ether oxygens (including phenoxy) is 1. The molecule has 0 aliphatic carbocycles. The van der Waals surface area contributed by atoms with E-state index < -0.39 is 0 Å². The number of thiazole rings is 1. The predicted octanol–water partition coefficient (Wildman–Crippen LogP) is 2.25. The zero-order chi connectivity index (χ0) is 12.8. The van der Waals surface area contributed by atoms with Crippen LogP contribution in [0.3, 0.4) is 0 Å². The van der Waals surface area contributed by atoms with Gasteiger partial charge in [-0.05, 0) is 19.1 Å². The second kappa shape index (κ2) is 6.58. The summed E-state index contributed by atoms with van der Waals surface area (Å²) in [5, 5.41) is 4.32. The van der Waals surface area contributed by atoms with Crippen LogP contribution in [0.4, 0.5) is 0 Å². The van der Waals surface area contributed by atoms with Crippen LogP contribution in [-0.4, -0.2) is 30.2 Å². The van der Waals surface area contributed by atoms with Crippen molar-refractivity contribution in [1.82, 2.24) is 15.3 Å². The normalized spacial score (nSPS) is 10.8. The van der Waals surface area contributed by atoms with E-state index in [0.29, 0.717) is 0 Å². The van der Waals surface area contributed by atoms with E-state index in [-0.39, 0.29) is 0 Å². The molecule has 2 heterocycles. The van der Waals surface area contributed by atoms with E-state index in [2.05, 4.69) is 15.3 Å². The average Bonchev–Trinajstić information content (AvgIpc) is 2.77. The van der Waals surface area contributed by atoms with Gasteiger partial charge in [-0.3, -0.25) is 4.98 Å². The maximum absolute atomic E-state index is 5.00. The van der Waals surface area contributed by atoms with Crippen molar-refractivity contribution in [3.8, 4) is 10.7 Å². The number of nitrogens with zero attached hydrogens (tertiary/aromatic N) is 2. The van der Waals surface area contributed by atoms with Crippen molar-refractivity contribution in [3.63, 3.8) is 0 Å². The molecule has 0 saturated heterocycles. The molecule has 0 fully saturated rings. The fraction of sp³-hybridized carbons (Fsp3) is 0.385. The summed E-state index contributed by atoms with van der Waals surface area (Å²) >= 11 is 1.69. The number of aryl methyl sites for hydroxylation is 1. The van der Waals surface area contributed by atoms with Gasteiger partial charge in [-0.2, -0.15) is 0 Å².